The number of carbonyl (C=O) groups excluding carboxylic acids is 1. The zero-order valence-electron chi connectivity index (χ0n) is 9.94. The topological polar surface area (TPSA) is 46.9 Å². The highest BCUT2D eigenvalue weighted by Crippen LogP contribution is 2.20. The molecule has 1 aliphatic heterocycles. The van der Waals surface area contributed by atoms with E-state index in [1.54, 1.807) is 6.20 Å². The Hall–Kier alpha value is -1.16. The van der Waals surface area contributed by atoms with Crippen LogP contribution in [-0.4, -0.2) is 27.9 Å². The number of rotatable bonds is 4. The molecule has 0 radical (unpaired) electrons. The minimum atomic E-state index is 0.0954. The smallest absolute Gasteiger partial charge is 0.202 e. The standard InChI is InChI=1S/C12H19N3O/c1-3-7-15-8-6-14-12(15)11(16)10-4-5-13-9(10)2/h6,8-10,13H,3-5,7H2,1-2H3. The Morgan fingerprint density at radius 2 is 2.50 bits per heavy atom. The van der Waals surface area contributed by atoms with Crippen LogP contribution in [0, 0.1) is 5.92 Å². The van der Waals surface area contributed by atoms with E-state index in [1.165, 1.54) is 0 Å². The van der Waals surface area contributed by atoms with Crippen molar-refractivity contribution in [2.24, 2.45) is 5.92 Å². The molecule has 1 N–H and O–H groups in total. The Morgan fingerprint density at radius 1 is 1.69 bits per heavy atom. The van der Waals surface area contributed by atoms with Crippen molar-refractivity contribution in [2.75, 3.05) is 6.54 Å². The Kier molecular flexibility index (Phi) is 3.39. The van der Waals surface area contributed by atoms with Crippen LogP contribution in [-0.2, 0) is 6.54 Å². The summed E-state index contributed by atoms with van der Waals surface area (Å²) in [6.45, 7) is 5.98. The van der Waals surface area contributed by atoms with Gasteiger partial charge in [-0.2, -0.15) is 0 Å². The van der Waals surface area contributed by atoms with Crippen molar-refractivity contribution in [3.05, 3.63) is 18.2 Å². The minimum Gasteiger partial charge on any atom is -0.329 e. The Balaban J connectivity index is 2.16. The molecule has 2 rings (SSSR count). The van der Waals surface area contributed by atoms with Gasteiger partial charge in [-0.1, -0.05) is 6.92 Å². The number of aromatic nitrogens is 2. The summed E-state index contributed by atoms with van der Waals surface area (Å²) in [5.74, 6) is 0.913. The summed E-state index contributed by atoms with van der Waals surface area (Å²) in [6.07, 6.45) is 5.56. The summed E-state index contributed by atoms with van der Waals surface area (Å²) >= 11 is 0. The number of Topliss-reactive ketones (excluding diaryl/α,β-unsaturated/α-hetero) is 1. The molecule has 0 aromatic carbocycles. The molecule has 1 aromatic rings. The molecule has 2 heterocycles. The van der Waals surface area contributed by atoms with E-state index in [9.17, 15) is 4.79 Å². The lowest BCUT2D eigenvalue weighted by atomic mass is 9.96. The van der Waals surface area contributed by atoms with Crippen LogP contribution in [0.4, 0.5) is 0 Å². The molecule has 1 fully saturated rings. The van der Waals surface area contributed by atoms with Gasteiger partial charge < -0.3 is 9.88 Å². The molecule has 0 saturated carbocycles. The molecule has 1 aliphatic rings. The minimum absolute atomic E-state index is 0.0954. The number of nitrogens with zero attached hydrogens (tertiary/aromatic N) is 2. The average molecular weight is 221 g/mol. The maximum absolute atomic E-state index is 12.3. The van der Waals surface area contributed by atoms with E-state index in [0.29, 0.717) is 5.82 Å². The quantitative estimate of drug-likeness (QED) is 0.783. The fourth-order valence-corrected chi connectivity index (χ4v) is 2.34. The highest BCUT2D eigenvalue weighted by Gasteiger charge is 2.32. The predicted molar refractivity (Wildman–Crippen MR) is 62.4 cm³/mol. The fraction of sp³-hybridized carbons (Fsp3) is 0.667. The molecule has 0 spiro atoms. The Bertz CT molecular complexity index is 372. The first-order valence-corrected chi connectivity index (χ1v) is 6.02. The zero-order valence-corrected chi connectivity index (χ0v) is 9.94. The number of imidazole rings is 1. The van der Waals surface area contributed by atoms with Crippen molar-refractivity contribution in [3.63, 3.8) is 0 Å². The van der Waals surface area contributed by atoms with Crippen molar-refractivity contribution >= 4 is 5.78 Å². The second-order valence-electron chi connectivity index (χ2n) is 4.45. The number of hydrogen-bond donors (Lipinski definition) is 1. The van der Waals surface area contributed by atoms with Crippen molar-refractivity contribution < 1.29 is 4.79 Å². The summed E-state index contributed by atoms with van der Waals surface area (Å²) in [6, 6.07) is 0.277. The van der Waals surface area contributed by atoms with E-state index in [2.05, 4.69) is 24.1 Å². The molecule has 0 aliphatic carbocycles. The van der Waals surface area contributed by atoms with Crippen molar-refractivity contribution in [3.8, 4) is 0 Å². The van der Waals surface area contributed by atoms with E-state index in [4.69, 9.17) is 0 Å². The van der Waals surface area contributed by atoms with E-state index in [-0.39, 0.29) is 17.7 Å². The number of aryl methyl sites for hydroxylation is 1. The van der Waals surface area contributed by atoms with Crippen LogP contribution in [0.2, 0.25) is 0 Å². The largest absolute Gasteiger partial charge is 0.329 e. The van der Waals surface area contributed by atoms with Gasteiger partial charge in [-0.05, 0) is 26.3 Å². The first kappa shape index (κ1) is 11.3. The summed E-state index contributed by atoms with van der Waals surface area (Å²) in [7, 11) is 0. The summed E-state index contributed by atoms with van der Waals surface area (Å²) < 4.78 is 1.97. The van der Waals surface area contributed by atoms with Crippen molar-refractivity contribution in [2.45, 2.75) is 39.3 Å². The van der Waals surface area contributed by atoms with Crippen LogP contribution >= 0.6 is 0 Å². The number of carbonyl (C=O) groups is 1. The second kappa shape index (κ2) is 4.78. The fourth-order valence-electron chi connectivity index (χ4n) is 2.34. The lowest BCUT2D eigenvalue weighted by molar-refractivity contribution is 0.0898. The molecule has 16 heavy (non-hydrogen) atoms. The van der Waals surface area contributed by atoms with Crippen LogP contribution in [0.15, 0.2) is 12.4 Å². The number of nitrogens with one attached hydrogen (secondary N) is 1. The van der Waals surface area contributed by atoms with Gasteiger partial charge in [0.2, 0.25) is 5.78 Å². The summed E-state index contributed by atoms with van der Waals surface area (Å²) in [5, 5.41) is 3.31. The molecular weight excluding hydrogens is 202 g/mol. The van der Waals surface area contributed by atoms with Crippen LogP contribution in [0.25, 0.3) is 0 Å². The molecule has 4 heteroatoms. The van der Waals surface area contributed by atoms with E-state index >= 15 is 0 Å². The Labute approximate surface area is 96.1 Å². The van der Waals surface area contributed by atoms with Gasteiger partial charge in [0, 0.05) is 30.9 Å². The molecule has 2 atom stereocenters. The van der Waals surface area contributed by atoms with Crippen molar-refractivity contribution in [1.29, 1.82) is 0 Å². The Morgan fingerprint density at radius 3 is 3.12 bits per heavy atom. The van der Waals surface area contributed by atoms with E-state index in [0.717, 1.165) is 25.9 Å². The highest BCUT2D eigenvalue weighted by atomic mass is 16.1. The summed E-state index contributed by atoms with van der Waals surface area (Å²) in [4.78, 5) is 16.5. The average Bonchev–Trinajstić information content (AvgIpc) is 2.87. The molecular formula is C12H19N3O. The van der Waals surface area contributed by atoms with Gasteiger partial charge in [-0.25, -0.2) is 4.98 Å². The number of hydrogen-bond acceptors (Lipinski definition) is 3. The maximum Gasteiger partial charge on any atom is 0.202 e. The van der Waals surface area contributed by atoms with Gasteiger partial charge in [0.15, 0.2) is 5.82 Å². The molecule has 0 bridgehead atoms. The zero-order chi connectivity index (χ0) is 11.5. The first-order chi connectivity index (χ1) is 7.74. The SMILES string of the molecule is CCCn1ccnc1C(=O)C1CCNC1C. The predicted octanol–water partition coefficient (Wildman–Crippen LogP) is 1.47. The second-order valence-corrected chi connectivity index (χ2v) is 4.45. The highest BCUT2D eigenvalue weighted by molar-refractivity contribution is 5.95. The monoisotopic (exact) mass is 221 g/mol. The van der Waals surface area contributed by atoms with Crippen molar-refractivity contribution in [1.82, 2.24) is 14.9 Å². The van der Waals surface area contributed by atoms with Gasteiger partial charge in [-0.15, -0.1) is 0 Å². The molecule has 4 nitrogen and oxygen atoms in total. The van der Waals surface area contributed by atoms with Crippen LogP contribution < -0.4 is 5.32 Å². The lowest BCUT2D eigenvalue weighted by Crippen LogP contribution is -2.29. The molecule has 0 amide bonds. The summed E-state index contributed by atoms with van der Waals surface area (Å²) in [5.41, 5.74) is 0. The van der Waals surface area contributed by atoms with Crippen LogP contribution in [0.1, 0.15) is 37.3 Å². The number of ketones is 1. The normalized spacial score (nSPS) is 24.9. The lowest BCUT2D eigenvalue weighted by Gasteiger charge is -2.14. The van der Waals surface area contributed by atoms with Gasteiger partial charge >= 0.3 is 0 Å². The van der Waals surface area contributed by atoms with Gasteiger partial charge in [0.05, 0.1) is 0 Å². The van der Waals surface area contributed by atoms with Gasteiger partial charge in [-0.3, -0.25) is 4.79 Å². The third-order valence-corrected chi connectivity index (χ3v) is 3.26. The van der Waals surface area contributed by atoms with Crippen LogP contribution in [0.5, 0.6) is 0 Å². The first-order valence-electron chi connectivity index (χ1n) is 6.02. The third kappa shape index (κ3) is 2.02. The molecule has 1 aromatic heterocycles. The van der Waals surface area contributed by atoms with E-state index < -0.39 is 0 Å². The molecule has 2 unspecified atom stereocenters. The van der Waals surface area contributed by atoms with Gasteiger partial charge in [0.25, 0.3) is 0 Å². The van der Waals surface area contributed by atoms with Gasteiger partial charge in [0.1, 0.15) is 0 Å². The van der Waals surface area contributed by atoms with E-state index in [1.807, 2.05) is 10.8 Å². The van der Waals surface area contributed by atoms with Crippen LogP contribution in [0.3, 0.4) is 0 Å². The third-order valence-electron chi connectivity index (χ3n) is 3.26. The molecule has 1 saturated heterocycles. The maximum atomic E-state index is 12.3. The molecule has 88 valence electrons.